The monoisotopic (exact) mass is 224 g/mol. The lowest BCUT2D eigenvalue weighted by Crippen LogP contribution is -2.10. The number of benzene rings is 1. The van der Waals surface area contributed by atoms with Gasteiger partial charge in [0.2, 0.25) is 0 Å². The molecule has 1 aromatic carbocycles. The van der Waals surface area contributed by atoms with Gasteiger partial charge in [0.05, 0.1) is 0 Å². The maximum absolute atomic E-state index is 11.6. The fourth-order valence-corrected chi connectivity index (χ4v) is 1.74. The summed E-state index contributed by atoms with van der Waals surface area (Å²) in [5.74, 6) is 0. The fourth-order valence-electron chi connectivity index (χ4n) is 1.74. The van der Waals surface area contributed by atoms with Crippen LogP contribution in [0.3, 0.4) is 0 Å². The van der Waals surface area contributed by atoms with Crippen molar-refractivity contribution in [1.29, 1.82) is 5.26 Å². The van der Waals surface area contributed by atoms with Gasteiger partial charge in [-0.25, -0.2) is 0 Å². The molecule has 0 aliphatic carbocycles. The number of nitrogens with zero attached hydrogens (tertiary/aromatic N) is 1. The number of aromatic nitrogens is 1. The number of aryl methyl sites for hydroxylation is 2. The van der Waals surface area contributed by atoms with Gasteiger partial charge >= 0.3 is 0 Å². The second-order valence-electron chi connectivity index (χ2n) is 4.04. The average Bonchev–Trinajstić information content (AvgIpc) is 2.32. The number of nitrogens with one attached hydrogen (secondary N) is 1. The largest absolute Gasteiger partial charge is 0.321 e. The van der Waals surface area contributed by atoms with Crippen molar-refractivity contribution in [1.82, 2.24) is 4.98 Å². The molecule has 0 aliphatic heterocycles. The third kappa shape index (κ3) is 2.11. The first-order valence-corrected chi connectivity index (χ1v) is 5.33. The number of rotatable bonds is 1. The van der Waals surface area contributed by atoms with Gasteiger partial charge in [0.15, 0.2) is 0 Å². The van der Waals surface area contributed by atoms with Crippen LogP contribution >= 0.6 is 0 Å². The smallest absolute Gasteiger partial charge is 0.266 e. The van der Waals surface area contributed by atoms with E-state index in [1.54, 1.807) is 12.1 Å². The molecule has 0 saturated carbocycles. The molecule has 2 rings (SSSR count). The van der Waals surface area contributed by atoms with Crippen molar-refractivity contribution in [3.63, 3.8) is 0 Å². The zero-order valence-electron chi connectivity index (χ0n) is 9.74. The fraction of sp³-hybridized carbons (Fsp3) is 0.143. The number of H-pyrrole nitrogens is 1. The summed E-state index contributed by atoms with van der Waals surface area (Å²) in [6, 6.07) is 11.2. The van der Waals surface area contributed by atoms with Crippen LogP contribution in [0.1, 0.15) is 16.7 Å². The first-order valence-electron chi connectivity index (χ1n) is 5.33. The lowest BCUT2D eigenvalue weighted by Gasteiger charge is -2.07. The highest BCUT2D eigenvalue weighted by atomic mass is 16.1. The van der Waals surface area contributed by atoms with Gasteiger partial charge in [-0.3, -0.25) is 4.79 Å². The predicted octanol–water partition coefficient (Wildman–Crippen LogP) is 2.53. The van der Waals surface area contributed by atoms with Gasteiger partial charge in [-0.1, -0.05) is 17.7 Å². The van der Waals surface area contributed by atoms with Crippen LogP contribution < -0.4 is 5.56 Å². The predicted molar refractivity (Wildman–Crippen MR) is 66.7 cm³/mol. The molecule has 0 amide bonds. The van der Waals surface area contributed by atoms with E-state index in [4.69, 9.17) is 5.26 Å². The Labute approximate surface area is 99.4 Å². The first-order chi connectivity index (χ1) is 8.11. The molecule has 0 saturated heterocycles. The molecule has 0 fully saturated rings. The topological polar surface area (TPSA) is 56.6 Å². The highest BCUT2D eigenvalue weighted by molar-refractivity contribution is 5.64. The Balaban J connectivity index is 2.62. The van der Waals surface area contributed by atoms with Gasteiger partial charge in [-0.15, -0.1) is 0 Å². The van der Waals surface area contributed by atoms with Crippen molar-refractivity contribution in [2.45, 2.75) is 13.8 Å². The van der Waals surface area contributed by atoms with Gasteiger partial charge in [0.1, 0.15) is 11.6 Å². The molecule has 1 aromatic heterocycles. The lowest BCUT2D eigenvalue weighted by molar-refractivity contribution is 1.21. The Morgan fingerprint density at radius 1 is 1.18 bits per heavy atom. The van der Waals surface area contributed by atoms with Gasteiger partial charge in [-0.2, -0.15) is 5.26 Å². The van der Waals surface area contributed by atoms with Crippen molar-refractivity contribution in [3.8, 4) is 17.3 Å². The molecule has 0 aliphatic rings. The maximum Gasteiger partial charge on any atom is 0.266 e. The SMILES string of the molecule is Cc1ccc(C)c(-c2ccc(C#N)c(=O)[nH]2)c1. The van der Waals surface area contributed by atoms with Crippen molar-refractivity contribution in [3.05, 3.63) is 57.4 Å². The number of hydrogen-bond acceptors (Lipinski definition) is 2. The maximum atomic E-state index is 11.6. The first kappa shape index (κ1) is 11.2. The highest BCUT2D eigenvalue weighted by Crippen LogP contribution is 2.21. The summed E-state index contributed by atoms with van der Waals surface area (Å²) in [6.07, 6.45) is 0. The van der Waals surface area contributed by atoms with Crippen molar-refractivity contribution < 1.29 is 0 Å². The standard InChI is InChI=1S/C14H12N2O/c1-9-3-4-10(2)12(7-9)13-6-5-11(8-15)14(17)16-13/h3-7H,1-2H3,(H,16,17). The second kappa shape index (κ2) is 4.26. The molecule has 1 heterocycles. The normalized spacial score (nSPS) is 9.94. The van der Waals surface area contributed by atoms with Crippen LogP contribution in [0, 0.1) is 25.2 Å². The quantitative estimate of drug-likeness (QED) is 0.809. The van der Waals surface area contributed by atoms with Gasteiger partial charge in [0, 0.05) is 11.3 Å². The van der Waals surface area contributed by atoms with Crippen LogP contribution in [0.5, 0.6) is 0 Å². The Hall–Kier alpha value is -2.34. The summed E-state index contributed by atoms with van der Waals surface area (Å²) in [5, 5.41) is 8.71. The number of pyridine rings is 1. The summed E-state index contributed by atoms with van der Waals surface area (Å²) < 4.78 is 0. The van der Waals surface area contributed by atoms with E-state index >= 15 is 0 Å². The molecule has 17 heavy (non-hydrogen) atoms. The molecule has 84 valence electrons. The molecule has 3 heteroatoms. The van der Waals surface area contributed by atoms with Crippen LogP contribution in [0.2, 0.25) is 0 Å². The lowest BCUT2D eigenvalue weighted by atomic mass is 10.0. The summed E-state index contributed by atoms with van der Waals surface area (Å²) in [6.45, 7) is 4.00. The minimum atomic E-state index is -0.342. The number of nitriles is 1. The van der Waals surface area contributed by atoms with E-state index in [9.17, 15) is 4.79 Å². The van der Waals surface area contributed by atoms with Gasteiger partial charge in [0.25, 0.3) is 5.56 Å². The Morgan fingerprint density at radius 2 is 1.94 bits per heavy atom. The second-order valence-corrected chi connectivity index (χ2v) is 4.04. The van der Waals surface area contributed by atoms with Crippen molar-refractivity contribution in [2.75, 3.05) is 0 Å². The summed E-state index contributed by atoms with van der Waals surface area (Å²) in [5.41, 5.74) is 3.76. The van der Waals surface area contributed by atoms with Crippen LogP contribution in [0.25, 0.3) is 11.3 Å². The molecule has 0 bridgehead atoms. The van der Waals surface area contributed by atoms with Gasteiger partial charge < -0.3 is 4.98 Å². The molecule has 0 radical (unpaired) electrons. The summed E-state index contributed by atoms with van der Waals surface area (Å²) >= 11 is 0. The highest BCUT2D eigenvalue weighted by Gasteiger charge is 2.05. The van der Waals surface area contributed by atoms with Crippen molar-refractivity contribution in [2.24, 2.45) is 0 Å². The summed E-state index contributed by atoms with van der Waals surface area (Å²) in [4.78, 5) is 14.3. The molecule has 0 spiro atoms. The van der Waals surface area contributed by atoms with E-state index in [0.29, 0.717) is 0 Å². The van der Waals surface area contributed by atoms with Crippen LogP contribution in [-0.4, -0.2) is 4.98 Å². The molecule has 1 N–H and O–H groups in total. The van der Waals surface area contributed by atoms with E-state index in [1.165, 1.54) is 0 Å². The summed E-state index contributed by atoms with van der Waals surface area (Å²) in [7, 11) is 0. The molecule has 0 atom stereocenters. The molecule has 2 aromatic rings. The third-order valence-electron chi connectivity index (χ3n) is 2.71. The molecule has 3 nitrogen and oxygen atoms in total. The van der Waals surface area contributed by atoms with Crippen LogP contribution in [0.15, 0.2) is 35.1 Å². The third-order valence-corrected chi connectivity index (χ3v) is 2.71. The van der Waals surface area contributed by atoms with Crippen molar-refractivity contribution >= 4 is 0 Å². The average molecular weight is 224 g/mol. The molecule has 0 unspecified atom stereocenters. The minimum Gasteiger partial charge on any atom is -0.321 e. The zero-order chi connectivity index (χ0) is 12.4. The Bertz CT molecular complexity index is 663. The Kier molecular flexibility index (Phi) is 2.80. The molecular weight excluding hydrogens is 212 g/mol. The van der Waals surface area contributed by atoms with E-state index in [1.807, 2.05) is 38.1 Å². The van der Waals surface area contributed by atoms with Gasteiger partial charge in [-0.05, 0) is 37.6 Å². The van der Waals surface area contributed by atoms with E-state index < -0.39 is 0 Å². The van der Waals surface area contributed by atoms with Crippen LogP contribution in [-0.2, 0) is 0 Å². The molecular formula is C14H12N2O. The number of aromatic amines is 1. The Morgan fingerprint density at radius 3 is 2.59 bits per heavy atom. The van der Waals surface area contributed by atoms with E-state index in [-0.39, 0.29) is 11.1 Å². The minimum absolute atomic E-state index is 0.138. The van der Waals surface area contributed by atoms with Crippen LogP contribution in [0.4, 0.5) is 0 Å². The van der Waals surface area contributed by atoms with E-state index in [0.717, 1.165) is 22.4 Å². The number of hydrogen-bond donors (Lipinski definition) is 1. The van der Waals surface area contributed by atoms with E-state index in [2.05, 4.69) is 4.98 Å². The zero-order valence-corrected chi connectivity index (χ0v) is 9.74.